The van der Waals surface area contributed by atoms with Gasteiger partial charge in [-0.25, -0.2) is 4.79 Å². The van der Waals surface area contributed by atoms with Crippen molar-refractivity contribution in [1.29, 1.82) is 0 Å². The van der Waals surface area contributed by atoms with E-state index in [0.29, 0.717) is 27.1 Å². The fourth-order valence-electron chi connectivity index (χ4n) is 2.20. The third kappa shape index (κ3) is 4.57. The normalized spacial score (nSPS) is 12.2. The average Bonchev–Trinajstić information content (AvgIpc) is 3.27. The summed E-state index contributed by atoms with van der Waals surface area (Å²) in [4.78, 5) is 34.8. The van der Waals surface area contributed by atoms with Crippen molar-refractivity contribution in [1.82, 2.24) is 0 Å². The largest absolute Gasteiger partial charge is 0.454 e. The monoisotopic (exact) mass is 408 g/mol. The number of benzene rings is 1. The van der Waals surface area contributed by atoms with Crippen LogP contribution in [0.1, 0.15) is 15.9 Å². The lowest BCUT2D eigenvalue weighted by molar-refractivity contribution is -0.142. The van der Waals surface area contributed by atoms with Crippen LogP contribution in [0.5, 0.6) is 11.5 Å². The third-order valence-corrected chi connectivity index (χ3v) is 4.50. The highest BCUT2D eigenvalue weighted by atomic mass is 35.5. The van der Waals surface area contributed by atoms with Crippen molar-refractivity contribution in [2.45, 2.75) is 0 Å². The van der Waals surface area contributed by atoms with Gasteiger partial charge in [-0.3, -0.25) is 9.59 Å². The highest BCUT2D eigenvalue weighted by molar-refractivity contribution is 7.14. The Balaban J connectivity index is 1.53. The van der Waals surface area contributed by atoms with Crippen LogP contribution in [-0.2, 0) is 14.3 Å². The number of esters is 1. The molecule has 3 N–H and O–H groups in total. The molecule has 140 valence electrons. The second-order valence-electron chi connectivity index (χ2n) is 5.25. The molecule has 0 aliphatic carbocycles. The minimum absolute atomic E-state index is 0.0844. The van der Waals surface area contributed by atoms with Crippen LogP contribution in [0.3, 0.4) is 0 Å². The van der Waals surface area contributed by atoms with E-state index in [1.165, 1.54) is 12.1 Å². The predicted molar refractivity (Wildman–Crippen MR) is 99.0 cm³/mol. The van der Waals surface area contributed by atoms with Crippen LogP contribution in [0, 0.1) is 0 Å². The SMILES string of the molecule is NC(=O)c1ccsc1NC(=O)COC(=O)/C=C/c1cc(Cl)c2c(c1)OCO2. The van der Waals surface area contributed by atoms with Gasteiger partial charge in [0.2, 0.25) is 6.79 Å². The van der Waals surface area contributed by atoms with E-state index in [1.807, 2.05) is 0 Å². The maximum atomic E-state index is 11.8. The van der Waals surface area contributed by atoms with Crippen LogP contribution in [0.25, 0.3) is 6.08 Å². The highest BCUT2D eigenvalue weighted by Gasteiger charge is 2.18. The number of ether oxygens (including phenoxy) is 3. The fraction of sp³-hybridized carbons (Fsp3) is 0.118. The zero-order chi connectivity index (χ0) is 19.4. The Hall–Kier alpha value is -3.04. The molecule has 0 saturated carbocycles. The number of carbonyl (C=O) groups is 3. The average molecular weight is 409 g/mol. The van der Waals surface area contributed by atoms with E-state index in [4.69, 9.17) is 31.5 Å². The molecular formula is C17H13ClN2O6S. The number of nitrogens with two attached hydrogens (primary N) is 1. The molecule has 8 nitrogen and oxygen atoms in total. The summed E-state index contributed by atoms with van der Waals surface area (Å²) in [6.07, 6.45) is 2.62. The number of amides is 2. The first kappa shape index (κ1) is 18.7. The molecule has 0 saturated heterocycles. The van der Waals surface area contributed by atoms with Crippen LogP contribution >= 0.6 is 22.9 Å². The van der Waals surface area contributed by atoms with Gasteiger partial charge >= 0.3 is 5.97 Å². The number of thiophene rings is 1. The van der Waals surface area contributed by atoms with Crippen LogP contribution < -0.4 is 20.5 Å². The van der Waals surface area contributed by atoms with Crippen LogP contribution in [0.15, 0.2) is 29.7 Å². The molecular weight excluding hydrogens is 396 g/mol. The summed E-state index contributed by atoms with van der Waals surface area (Å²) in [5.74, 6) is -1.03. The Bertz CT molecular complexity index is 940. The minimum atomic E-state index is -0.722. The van der Waals surface area contributed by atoms with E-state index in [-0.39, 0.29) is 12.4 Å². The number of hydrogen-bond donors (Lipinski definition) is 2. The van der Waals surface area contributed by atoms with Gasteiger partial charge in [-0.05, 0) is 35.2 Å². The highest BCUT2D eigenvalue weighted by Crippen LogP contribution is 2.40. The van der Waals surface area contributed by atoms with E-state index in [2.05, 4.69) is 5.32 Å². The molecule has 10 heteroatoms. The molecule has 1 aromatic carbocycles. The molecule has 2 heterocycles. The quantitative estimate of drug-likeness (QED) is 0.560. The summed E-state index contributed by atoms with van der Waals surface area (Å²) in [6, 6.07) is 4.76. The van der Waals surface area contributed by atoms with Gasteiger partial charge in [0.1, 0.15) is 5.00 Å². The number of halogens is 1. The van der Waals surface area contributed by atoms with E-state index >= 15 is 0 Å². The maximum absolute atomic E-state index is 11.8. The summed E-state index contributed by atoms with van der Waals surface area (Å²) < 4.78 is 15.3. The van der Waals surface area contributed by atoms with E-state index in [0.717, 1.165) is 17.4 Å². The number of rotatable bonds is 6. The molecule has 0 unspecified atom stereocenters. The molecule has 27 heavy (non-hydrogen) atoms. The van der Waals surface area contributed by atoms with E-state index in [1.54, 1.807) is 17.5 Å². The zero-order valence-corrected chi connectivity index (χ0v) is 15.3. The molecule has 0 fully saturated rings. The molecule has 0 atom stereocenters. The summed E-state index contributed by atoms with van der Waals surface area (Å²) in [5.41, 5.74) is 5.99. The van der Waals surface area contributed by atoms with E-state index in [9.17, 15) is 14.4 Å². The number of nitrogens with one attached hydrogen (secondary N) is 1. The third-order valence-electron chi connectivity index (χ3n) is 3.39. The van der Waals surface area contributed by atoms with Gasteiger partial charge in [0.05, 0.1) is 10.6 Å². The fourth-order valence-corrected chi connectivity index (χ4v) is 3.28. The van der Waals surface area contributed by atoms with Gasteiger partial charge in [0.15, 0.2) is 18.1 Å². The van der Waals surface area contributed by atoms with Crippen LogP contribution in [-0.4, -0.2) is 31.2 Å². The molecule has 1 aliphatic heterocycles. The summed E-state index contributed by atoms with van der Waals surface area (Å²) in [7, 11) is 0. The van der Waals surface area contributed by atoms with Crippen molar-refractivity contribution in [2.24, 2.45) is 5.73 Å². The number of primary amides is 1. The number of fused-ring (bicyclic) bond motifs is 1. The molecule has 2 aromatic rings. The topological polar surface area (TPSA) is 117 Å². The first-order valence-corrected chi connectivity index (χ1v) is 8.81. The zero-order valence-electron chi connectivity index (χ0n) is 13.7. The standard InChI is InChI=1S/C17H13ClN2O6S/c18-11-5-9(6-12-15(11)26-8-25-12)1-2-14(22)24-7-13(21)20-17-10(16(19)23)3-4-27-17/h1-6H,7-8H2,(H2,19,23)(H,20,21)/b2-1+. The summed E-state index contributed by atoms with van der Waals surface area (Å²) in [5, 5.41) is 4.74. The molecule has 1 aliphatic rings. The first-order valence-electron chi connectivity index (χ1n) is 7.55. The Morgan fingerprint density at radius 2 is 2.15 bits per heavy atom. The molecule has 0 bridgehead atoms. The van der Waals surface area contributed by atoms with Crippen molar-refractivity contribution < 1.29 is 28.6 Å². The summed E-state index contributed by atoms with van der Waals surface area (Å²) in [6.45, 7) is -0.428. The molecule has 3 rings (SSSR count). The first-order chi connectivity index (χ1) is 12.9. The van der Waals surface area contributed by atoms with Gasteiger partial charge in [-0.15, -0.1) is 11.3 Å². The Morgan fingerprint density at radius 3 is 2.93 bits per heavy atom. The second-order valence-corrected chi connectivity index (χ2v) is 6.58. The lowest BCUT2D eigenvalue weighted by atomic mass is 10.2. The van der Waals surface area contributed by atoms with Crippen molar-refractivity contribution in [3.63, 3.8) is 0 Å². The molecule has 0 spiro atoms. The van der Waals surface area contributed by atoms with Gasteiger partial charge in [0, 0.05) is 6.08 Å². The van der Waals surface area contributed by atoms with Gasteiger partial charge < -0.3 is 25.3 Å². The van der Waals surface area contributed by atoms with Crippen molar-refractivity contribution in [3.05, 3.63) is 45.8 Å². The number of carbonyl (C=O) groups excluding carboxylic acids is 3. The molecule has 0 radical (unpaired) electrons. The van der Waals surface area contributed by atoms with Crippen molar-refractivity contribution in [2.75, 3.05) is 18.7 Å². The van der Waals surface area contributed by atoms with Gasteiger partial charge in [-0.1, -0.05) is 11.6 Å². The Kier molecular flexibility index (Phi) is 5.63. The van der Waals surface area contributed by atoms with Gasteiger partial charge in [-0.2, -0.15) is 0 Å². The smallest absolute Gasteiger partial charge is 0.331 e. The Morgan fingerprint density at radius 1 is 1.33 bits per heavy atom. The number of hydrogen-bond acceptors (Lipinski definition) is 7. The molecule has 1 aromatic heterocycles. The maximum Gasteiger partial charge on any atom is 0.331 e. The summed E-state index contributed by atoms with van der Waals surface area (Å²) >= 11 is 7.19. The predicted octanol–water partition coefficient (Wildman–Crippen LogP) is 2.42. The second kappa shape index (κ2) is 8.11. The van der Waals surface area contributed by atoms with Crippen LogP contribution in [0.2, 0.25) is 5.02 Å². The van der Waals surface area contributed by atoms with E-state index < -0.39 is 24.4 Å². The minimum Gasteiger partial charge on any atom is -0.454 e. The lowest BCUT2D eigenvalue weighted by Crippen LogP contribution is -2.21. The number of anilines is 1. The van der Waals surface area contributed by atoms with Crippen molar-refractivity contribution in [3.8, 4) is 11.5 Å². The van der Waals surface area contributed by atoms with Crippen LogP contribution in [0.4, 0.5) is 5.00 Å². The van der Waals surface area contributed by atoms with Crippen molar-refractivity contribution >= 4 is 51.8 Å². The lowest BCUT2D eigenvalue weighted by Gasteiger charge is -2.05. The Labute approximate surface area is 162 Å². The van der Waals surface area contributed by atoms with Gasteiger partial charge in [0.25, 0.3) is 11.8 Å². The molecule has 2 amide bonds.